The van der Waals surface area contributed by atoms with Crippen molar-refractivity contribution in [2.24, 2.45) is 5.92 Å². The Bertz CT molecular complexity index is 769. The molecule has 26 heavy (non-hydrogen) atoms. The molecule has 0 saturated carbocycles. The molecule has 1 heterocycles. The fraction of sp³-hybridized carbons (Fsp3) is 0.300. The van der Waals surface area contributed by atoms with E-state index in [1.807, 2.05) is 24.3 Å². The monoisotopic (exact) mass is 482 g/mol. The molecule has 1 N–H and O–H groups in total. The minimum atomic E-state index is -0.0197. The molecule has 2 aromatic carbocycles. The second-order valence-electron chi connectivity index (χ2n) is 6.48. The summed E-state index contributed by atoms with van der Waals surface area (Å²) in [5, 5.41) is 3.55. The fourth-order valence-corrected chi connectivity index (χ4v) is 3.63. The van der Waals surface area contributed by atoms with Gasteiger partial charge in [-0.05, 0) is 97.1 Å². The molecule has 4 nitrogen and oxygen atoms in total. The number of rotatable bonds is 5. The van der Waals surface area contributed by atoms with Crippen molar-refractivity contribution in [3.05, 3.63) is 62.7 Å². The van der Waals surface area contributed by atoms with Crippen LogP contribution < -0.4 is 5.32 Å². The van der Waals surface area contributed by atoms with E-state index in [1.54, 1.807) is 24.3 Å². The third-order valence-corrected chi connectivity index (χ3v) is 5.55. The van der Waals surface area contributed by atoms with Gasteiger partial charge in [0, 0.05) is 25.8 Å². The zero-order valence-electron chi connectivity index (χ0n) is 14.3. The molecule has 0 radical (unpaired) electrons. The lowest BCUT2D eigenvalue weighted by molar-refractivity contribution is -0.117. The van der Waals surface area contributed by atoms with E-state index in [4.69, 9.17) is 11.6 Å². The normalized spacial score (nSPS) is 15.6. The highest BCUT2D eigenvalue weighted by Gasteiger charge is 2.26. The summed E-state index contributed by atoms with van der Waals surface area (Å²) in [7, 11) is 0. The van der Waals surface area contributed by atoms with E-state index in [0.29, 0.717) is 17.1 Å². The number of anilines is 1. The molecule has 0 bridgehead atoms. The number of carbonyl (C=O) groups is 2. The van der Waals surface area contributed by atoms with Gasteiger partial charge in [0.05, 0.1) is 6.54 Å². The minimum Gasteiger partial charge on any atom is -0.325 e. The number of nitrogens with one attached hydrogen (secondary N) is 1. The Kier molecular flexibility index (Phi) is 6.67. The molecule has 1 aliphatic heterocycles. The summed E-state index contributed by atoms with van der Waals surface area (Å²) < 4.78 is 1.13. The first-order valence-electron chi connectivity index (χ1n) is 8.59. The summed E-state index contributed by atoms with van der Waals surface area (Å²) in [4.78, 5) is 26.9. The number of Topliss-reactive ketones (excluding diaryl/α,β-unsaturated/α-hetero) is 1. The first kappa shape index (κ1) is 19.3. The number of hydrogen-bond donors (Lipinski definition) is 1. The van der Waals surface area contributed by atoms with Crippen molar-refractivity contribution >= 4 is 51.6 Å². The Morgan fingerprint density at radius 2 is 1.65 bits per heavy atom. The third-order valence-electron chi connectivity index (χ3n) is 4.58. The number of piperidine rings is 1. The lowest BCUT2D eigenvalue weighted by Crippen LogP contribution is -2.40. The van der Waals surface area contributed by atoms with Gasteiger partial charge in [-0.1, -0.05) is 11.6 Å². The van der Waals surface area contributed by atoms with E-state index < -0.39 is 0 Å². The lowest BCUT2D eigenvalue weighted by Gasteiger charge is -2.30. The Balaban J connectivity index is 1.47. The summed E-state index contributed by atoms with van der Waals surface area (Å²) in [5.74, 6) is 0.171. The van der Waals surface area contributed by atoms with Gasteiger partial charge in [0.1, 0.15) is 0 Å². The molecule has 1 aliphatic rings. The van der Waals surface area contributed by atoms with Crippen molar-refractivity contribution in [1.29, 1.82) is 0 Å². The van der Waals surface area contributed by atoms with Crippen LogP contribution in [0.25, 0.3) is 0 Å². The third kappa shape index (κ3) is 5.28. The zero-order valence-corrected chi connectivity index (χ0v) is 17.2. The molecule has 0 unspecified atom stereocenters. The highest BCUT2D eigenvalue weighted by molar-refractivity contribution is 14.1. The number of nitrogens with zero attached hydrogens (tertiary/aromatic N) is 1. The van der Waals surface area contributed by atoms with E-state index in [9.17, 15) is 9.59 Å². The molecule has 136 valence electrons. The summed E-state index contributed by atoms with van der Waals surface area (Å²) in [6.07, 6.45) is 1.55. The number of amides is 1. The van der Waals surface area contributed by atoms with E-state index in [2.05, 4.69) is 32.8 Å². The van der Waals surface area contributed by atoms with E-state index in [1.165, 1.54) is 0 Å². The number of benzene rings is 2. The molecule has 0 atom stereocenters. The van der Waals surface area contributed by atoms with Gasteiger partial charge in [0.2, 0.25) is 5.91 Å². The van der Waals surface area contributed by atoms with Crippen molar-refractivity contribution in [1.82, 2.24) is 4.90 Å². The van der Waals surface area contributed by atoms with Crippen LogP contribution in [0, 0.1) is 9.49 Å². The molecule has 0 aromatic heterocycles. The molecule has 3 rings (SSSR count). The van der Waals surface area contributed by atoms with Gasteiger partial charge in [0.15, 0.2) is 5.78 Å². The Morgan fingerprint density at radius 1 is 1.04 bits per heavy atom. The van der Waals surface area contributed by atoms with Crippen LogP contribution >= 0.6 is 34.2 Å². The molecule has 1 saturated heterocycles. The summed E-state index contributed by atoms with van der Waals surface area (Å²) in [6.45, 7) is 1.86. The average molecular weight is 483 g/mol. The number of hydrogen-bond acceptors (Lipinski definition) is 3. The molecule has 2 aromatic rings. The molecule has 6 heteroatoms. The van der Waals surface area contributed by atoms with Crippen molar-refractivity contribution in [3.63, 3.8) is 0 Å². The van der Waals surface area contributed by atoms with Crippen LogP contribution in [-0.4, -0.2) is 36.2 Å². The molecule has 1 amide bonds. The van der Waals surface area contributed by atoms with Crippen molar-refractivity contribution in [2.75, 3.05) is 25.0 Å². The van der Waals surface area contributed by atoms with Gasteiger partial charge < -0.3 is 5.32 Å². The molecular formula is C20H20ClIN2O2. The van der Waals surface area contributed by atoms with Crippen molar-refractivity contribution in [2.45, 2.75) is 12.8 Å². The second-order valence-corrected chi connectivity index (χ2v) is 8.16. The Morgan fingerprint density at radius 3 is 2.27 bits per heavy atom. The number of carbonyl (C=O) groups excluding carboxylic acids is 2. The van der Waals surface area contributed by atoms with Gasteiger partial charge in [0.25, 0.3) is 0 Å². The molecule has 0 spiro atoms. The van der Waals surface area contributed by atoms with E-state index in [-0.39, 0.29) is 17.6 Å². The van der Waals surface area contributed by atoms with Crippen LogP contribution in [0.1, 0.15) is 23.2 Å². The van der Waals surface area contributed by atoms with Gasteiger partial charge >= 0.3 is 0 Å². The summed E-state index contributed by atoms with van der Waals surface area (Å²) >= 11 is 8.11. The van der Waals surface area contributed by atoms with Crippen LogP contribution in [0.2, 0.25) is 5.02 Å². The lowest BCUT2D eigenvalue weighted by atomic mass is 9.89. The number of ketones is 1. The van der Waals surface area contributed by atoms with E-state index >= 15 is 0 Å². The smallest absolute Gasteiger partial charge is 0.238 e. The van der Waals surface area contributed by atoms with Gasteiger partial charge in [-0.3, -0.25) is 14.5 Å². The van der Waals surface area contributed by atoms with E-state index in [0.717, 1.165) is 35.2 Å². The predicted octanol–water partition coefficient (Wildman–Crippen LogP) is 4.48. The highest BCUT2D eigenvalue weighted by Crippen LogP contribution is 2.22. The maximum absolute atomic E-state index is 12.6. The SMILES string of the molecule is O=C(CN1CCC(C(=O)c2ccc(Cl)cc2)CC1)Nc1ccc(I)cc1. The number of halogens is 2. The standard InChI is InChI=1S/C20H20ClIN2O2/c21-16-3-1-14(2-4-16)20(26)15-9-11-24(12-10-15)13-19(25)23-18-7-5-17(22)6-8-18/h1-8,15H,9-13H2,(H,23,25). The predicted molar refractivity (Wildman–Crippen MR) is 113 cm³/mol. The van der Waals surface area contributed by atoms with Crippen LogP contribution in [0.4, 0.5) is 5.69 Å². The summed E-state index contributed by atoms with van der Waals surface area (Å²) in [5.41, 5.74) is 1.52. The van der Waals surface area contributed by atoms with Crippen LogP contribution in [-0.2, 0) is 4.79 Å². The molecule has 0 aliphatic carbocycles. The van der Waals surface area contributed by atoms with Crippen LogP contribution in [0.5, 0.6) is 0 Å². The topological polar surface area (TPSA) is 49.4 Å². The first-order chi connectivity index (χ1) is 12.5. The van der Waals surface area contributed by atoms with Crippen LogP contribution in [0.3, 0.4) is 0 Å². The van der Waals surface area contributed by atoms with Crippen molar-refractivity contribution in [3.8, 4) is 0 Å². The summed E-state index contributed by atoms with van der Waals surface area (Å²) in [6, 6.07) is 14.8. The minimum absolute atomic E-state index is 0.0197. The first-order valence-corrected chi connectivity index (χ1v) is 10.0. The maximum atomic E-state index is 12.6. The van der Waals surface area contributed by atoms with Gasteiger partial charge in [-0.25, -0.2) is 0 Å². The van der Waals surface area contributed by atoms with Crippen molar-refractivity contribution < 1.29 is 9.59 Å². The zero-order chi connectivity index (χ0) is 18.5. The Hall–Kier alpha value is -1.44. The van der Waals surface area contributed by atoms with Crippen LogP contribution in [0.15, 0.2) is 48.5 Å². The fourth-order valence-electron chi connectivity index (χ4n) is 3.14. The van der Waals surface area contributed by atoms with Gasteiger partial charge in [-0.2, -0.15) is 0 Å². The average Bonchev–Trinajstić information content (AvgIpc) is 2.64. The maximum Gasteiger partial charge on any atom is 0.238 e. The Labute approximate surface area is 172 Å². The number of likely N-dealkylation sites (tertiary alicyclic amines) is 1. The quantitative estimate of drug-likeness (QED) is 0.505. The molecule has 1 fully saturated rings. The van der Waals surface area contributed by atoms with Gasteiger partial charge in [-0.15, -0.1) is 0 Å². The second kappa shape index (κ2) is 8.97. The highest BCUT2D eigenvalue weighted by atomic mass is 127. The largest absolute Gasteiger partial charge is 0.325 e. The molecular weight excluding hydrogens is 463 g/mol.